The van der Waals surface area contributed by atoms with Crippen LogP contribution in [0.2, 0.25) is 0 Å². The Morgan fingerprint density at radius 2 is 0.645 bits per heavy atom. The van der Waals surface area contributed by atoms with E-state index in [-0.39, 0.29) is 17.5 Å². The molecule has 0 N–H and O–H groups in total. The van der Waals surface area contributed by atoms with Crippen molar-refractivity contribution in [3.05, 3.63) is 387 Å². The molecule has 0 saturated carbocycles. The van der Waals surface area contributed by atoms with Crippen LogP contribution >= 0.6 is 0 Å². The van der Waals surface area contributed by atoms with Crippen molar-refractivity contribution in [3.8, 4) is 67.0 Å². The molecule has 2 aliphatic rings. The van der Waals surface area contributed by atoms with Crippen LogP contribution in [0.3, 0.4) is 0 Å². The highest BCUT2D eigenvalue weighted by Gasteiger charge is 2.46. The molecule has 4 heterocycles. The molecule has 0 unspecified atom stereocenters. The van der Waals surface area contributed by atoms with Gasteiger partial charge in [0.25, 0.3) is 6.71 Å². The van der Waals surface area contributed by atoms with Crippen LogP contribution in [0.5, 0.6) is 0 Å². The summed E-state index contributed by atoms with van der Waals surface area (Å²) >= 11 is 0. The first-order valence-corrected chi connectivity index (χ1v) is 38.5. The fraction of sp³-hybridized carbons (Fsp3) is 0.0769. The molecule has 0 amide bonds. The average Bonchev–Trinajstić information content (AvgIpc) is 0.878. The van der Waals surface area contributed by atoms with Crippen LogP contribution in [0.25, 0.3) is 111 Å². The predicted molar refractivity (Wildman–Crippen MR) is 468 cm³/mol. The summed E-state index contributed by atoms with van der Waals surface area (Å²) in [5, 5.41) is 4.87. The van der Waals surface area contributed by atoms with Crippen molar-refractivity contribution in [1.29, 1.82) is 0 Å². The molecule has 0 bridgehead atoms. The fourth-order valence-corrected chi connectivity index (χ4v) is 17.6. The zero-order valence-electron chi connectivity index (χ0n) is 62.6. The van der Waals surface area contributed by atoms with E-state index in [9.17, 15) is 0 Å². The fourth-order valence-electron chi connectivity index (χ4n) is 17.6. The lowest BCUT2D eigenvalue weighted by Crippen LogP contribution is -2.61. The molecule has 0 aliphatic carbocycles. The van der Waals surface area contributed by atoms with Gasteiger partial charge in [0, 0.05) is 83.9 Å². The molecule has 20 rings (SSSR count). The molecular weight excluding hydrogens is 1330 g/mol. The molecule has 6 heteroatoms. The predicted octanol–water partition coefficient (Wildman–Crippen LogP) is 26.4. The average molecular weight is 1410 g/mol. The lowest BCUT2D eigenvalue weighted by atomic mass is 9.33. The van der Waals surface area contributed by atoms with E-state index in [1.807, 2.05) is 0 Å². The van der Waals surface area contributed by atoms with Crippen LogP contribution in [0.15, 0.2) is 376 Å². The monoisotopic (exact) mass is 1410 g/mol. The van der Waals surface area contributed by atoms with Crippen LogP contribution in [-0.2, 0) is 10.8 Å². The molecule has 16 aromatic carbocycles. The zero-order chi connectivity index (χ0) is 73.9. The Morgan fingerprint density at radius 1 is 0.245 bits per heavy atom. The van der Waals surface area contributed by atoms with Gasteiger partial charge in [0.05, 0.1) is 33.4 Å². The Kier molecular flexibility index (Phi) is 15.7. The summed E-state index contributed by atoms with van der Waals surface area (Å²) in [6.07, 6.45) is 0. The van der Waals surface area contributed by atoms with Gasteiger partial charge in [0.1, 0.15) is 0 Å². The number of hydrogen-bond acceptors (Lipinski definition) is 3. The Bertz CT molecular complexity index is 6380. The van der Waals surface area contributed by atoms with Gasteiger partial charge >= 0.3 is 0 Å². The van der Waals surface area contributed by atoms with Crippen molar-refractivity contribution in [2.24, 2.45) is 0 Å². The SMILES string of the molecule is CC(C)(C)c1cccc(-c2ccc3c(c2)N(c2c(-c4ccccc4)cc(C(C)(C)C)cc2-c2ccccc2)c2cc(-n4c5ccccc5c5ccccc54)cc4c2B3c2ccc(N(c3ccccc3)c3ccc(-n5c6ccccc6c6ccccc65)cc3)cc2N4c2cc(-c3ccccc3)cc(-c3ccccc3)c2)c1. The number of aromatic nitrogens is 2. The maximum absolute atomic E-state index is 2.71. The van der Waals surface area contributed by atoms with Gasteiger partial charge < -0.3 is 23.8 Å². The van der Waals surface area contributed by atoms with E-state index in [4.69, 9.17) is 0 Å². The molecule has 0 spiro atoms. The van der Waals surface area contributed by atoms with Gasteiger partial charge in [0.2, 0.25) is 0 Å². The summed E-state index contributed by atoms with van der Waals surface area (Å²) in [5.74, 6) is 0. The quantitative estimate of drug-likeness (QED) is 0.114. The van der Waals surface area contributed by atoms with Crippen LogP contribution < -0.4 is 31.1 Å². The van der Waals surface area contributed by atoms with E-state index >= 15 is 0 Å². The third-order valence-corrected chi connectivity index (χ3v) is 22.9. The first-order valence-electron chi connectivity index (χ1n) is 38.5. The van der Waals surface area contributed by atoms with Crippen molar-refractivity contribution in [2.75, 3.05) is 14.7 Å². The largest absolute Gasteiger partial charge is 0.311 e. The molecule has 110 heavy (non-hydrogen) atoms. The zero-order valence-corrected chi connectivity index (χ0v) is 62.6. The van der Waals surface area contributed by atoms with E-state index in [1.54, 1.807) is 0 Å². The number of hydrogen-bond donors (Lipinski definition) is 0. The highest BCUT2D eigenvalue weighted by Crippen LogP contribution is 2.54. The summed E-state index contributed by atoms with van der Waals surface area (Å²) in [6.45, 7) is 13.7. The van der Waals surface area contributed by atoms with Crippen LogP contribution in [0.4, 0.5) is 51.2 Å². The van der Waals surface area contributed by atoms with Crippen molar-refractivity contribution in [1.82, 2.24) is 9.13 Å². The first-order chi connectivity index (χ1) is 53.8. The topological polar surface area (TPSA) is 19.6 Å². The van der Waals surface area contributed by atoms with E-state index in [2.05, 4.69) is 441 Å². The Morgan fingerprint density at radius 3 is 1.15 bits per heavy atom. The molecule has 0 atom stereocenters. The Hall–Kier alpha value is -13.4. The minimum Gasteiger partial charge on any atom is -0.311 e. The van der Waals surface area contributed by atoms with Crippen LogP contribution in [0, 0.1) is 0 Å². The smallest absolute Gasteiger partial charge is 0.252 e. The van der Waals surface area contributed by atoms with Gasteiger partial charge in [-0.25, -0.2) is 0 Å². The molecule has 524 valence electrons. The maximum Gasteiger partial charge on any atom is 0.252 e. The molecule has 2 aromatic heterocycles. The molecular formula is C104H80BN5. The van der Waals surface area contributed by atoms with E-state index in [0.717, 1.165) is 124 Å². The summed E-state index contributed by atoms with van der Waals surface area (Å²) in [6, 6.07) is 141. The van der Waals surface area contributed by atoms with Crippen LogP contribution in [-0.4, -0.2) is 15.8 Å². The molecule has 0 radical (unpaired) electrons. The number of para-hydroxylation sites is 5. The normalized spacial score (nSPS) is 12.6. The second-order valence-corrected chi connectivity index (χ2v) is 31.7. The number of benzene rings is 16. The minimum atomic E-state index is -0.274. The van der Waals surface area contributed by atoms with Gasteiger partial charge in [-0.2, -0.15) is 0 Å². The van der Waals surface area contributed by atoms with Gasteiger partial charge in [0.15, 0.2) is 0 Å². The van der Waals surface area contributed by atoms with Crippen LogP contribution in [0.1, 0.15) is 52.7 Å². The Labute approximate surface area is 644 Å². The summed E-state index contributed by atoms with van der Waals surface area (Å²) in [5.41, 5.74) is 33.8. The summed E-state index contributed by atoms with van der Waals surface area (Å²) in [7, 11) is 0. The number of anilines is 9. The van der Waals surface area contributed by atoms with Crippen molar-refractivity contribution in [2.45, 2.75) is 52.4 Å². The maximum atomic E-state index is 2.71. The number of rotatable bonds is 12. The molecule has 18 aromatic rings. The molecule has 0 saturated heterocycles. The highest BCUT2D eigenvalue weighted by molar-refractivity contribution is 7.00. The van der Waals surface area contributed by atoms with E-state index in [1.165, 1.54) is 65.7 Å². The first kappa shape index (κ1) is 66.1. The van der Waals surface area contributed by atoms with E-state index in [0.29, 0.717) is 0 Å². The lowest BCUT2D eigenvalue weighted by molar-refractivity contribution is 0.590. The standard InChI is InChI=1S/C104H80BN5/c1-103(2,3)77-40-30-39-73(60-77)74-51-57-91-97(63-74)110(102-89(71-35-16-9-17-36-71)64-78(104(4,5)6)65-90(102)72-37-18-10-19-38-72)100-68-84(108-95-49-28-24-45-87(95)88-46-25-29-50-96(88)108)67-99-101(100)105(91)92-58-56-82(66-98(92)109(99)83-61-75(69-31-12-7-13-32-69)59-76(62-83)70-33-14-8-15-34-70)106(79-41-20-11-21-42-79)80-52-54-81(55-53-80)107-93-47-26-22-43-85(93)86-44-23-27-48-94(86)107/h7-68H,1-6H3. The highest BCUT2D eigenvalue weighted by atomic mass is 15.2. The summed E-state index contributed by atoms with van der Waals surface area (Å²) in [4.78, 5) is 7.81. The van der Waals surface area contributed by atoms with Crippen molar-refractivity contribution >= 4 is 118 Å². The Balaban J connectivity index is 0.928. The second-order valence-electron chi connectivity index (χ2n) is 31.7. The second kappa shape index (κ2) is 26.2. The molecule has 5 nitrogen and oxygen atoms in total. The molecule has 2 aliphatic heterocycles. The number of fused-ring (bicyclic) bond motifs is 10. The van der Waals surface area contributed by atoms with Gasteiger partial charge in [-0.05, 0) is 204 Å². The van der Waals surface area contributed by atoms with Gasteiger partial charge in [-0.1, -0.05) is 296 Å². The third-order valence-electron chi connectivity index (χ3n) is 22.9. The summed E-state index contributed by atoms with van der Waals surface area (Å²) < 4.78 is 4.95. The lowest BCUT2D eigenvalue weighted by Gasteiger charge is -2.46. The third kappa shape index (κ3) is 11.1. The van der Waals surface area contributed by atoms with E-state index < -0.39 is 0 Å². The van der Waals surface area contributed by atoms with Crippen molar-refractivity contribution < 1.29 is 0 Å². The number of nitrogens with zero attached hydrogens (tertiary/aromatic N) is 5. The minimum absolute atomic E-state index is 0.0786. The van der Waals surface area contributed by atoms with Gasteiger partial charge in [-0.3, -0.25) is 0 Å². The molecule has 0 fully saturated rings. The van der Waals surface area contributed by atoms with Gasteiger partial charge in [-0.15, -0.1) is 0 Å². The van der Waals surface area contributed by atoms with Crippen molar-refractivity contribution in [3.63, 3.8) is 0 Å².